The minimum Gasteiger partial charge on any atom is -0.489 e. The molecule has 1 heterocycles. The van der Waals surface area contributed by atoms with Gasteiger partial charge in [-0.05, 0) is 49.7 Å². The minimum absolute atomic E-state index is 0.403. The van der Waals surface area contributed by atoms with Gasteiger partial charge in [-0.3, -0.25) is 0 Å². The Morgan fingerprint density at radius 2 is 1.96 bits per heavy atom. The Balaban J connectivity index is 1.46. The number of nitriles is 1. The number of methoxy groups -OCH3 is 1. The Morgan fingerprint density at radius 1 is 1.14 bits per heavy atom. The fourth-order valence-corrected chi connectivity index (χ4v) is 3.50. The molecule has 3 rings (SSSR count). The van der Waals surface area contributed by atoms with Gasteiger partial charge in [0.1, 0.15) is 12.4 Å². The maximum Gasteiger partial charge on any atom is 0.120 e. The maximum atomic E-state index is 9.19. The summed E-state index contributed by atoms with van der Waals surface area (Å²) in [7, 11) is 1.76. The molecule has 5 heteroatoms. The normalized spacial score (nSPS) is 15.3. The first kappa shape index (κ1) is 20.3. The predicted octanol–water partition coefficient (Wildman–Crippen LogP) is 3.34. The Labute approximate surface area is 167 Å². The molecule has 0 unspecified atom stereocenters. The van der Waals surface area contributed by atoms with Crippen molar-refractivity contribution < 1.29 is 9.47 Å². The van der Waals surface area contributed by atoms with Gasteiger partial charge in [0, 0.05) is 31.8 Å². The van der Waals surface area contributed by atoms with E-state index >= 15 is 0 Å². The largest absolute Gasteiger partial charge is 0.489 e. The predicted molar refractivity (Wildman–Crippen MR) is 110 cm³/mol. The first-order valence-corrected chi connectivity index (χ1v) is 9.93. The van der Waals surface area contributed by atoms with E-state index in [1.807, 2.05) is 36.4 Å². The van der Waals surface area contributed by atoms with Gasteiger partial charge in [-0.25, -0.2) is 0 Å². The third-order valence-corrected chi connectivity index (χ3v) is 5.22. The van der Waals surface area contributed by atoms with E-state index in [0.29, 0.717) is 18.2 Å². The van der Waals surface area contributed by atoms with E-state index in [1.165, 1.54) is 18.4 Å². The minimum atomic E-state index is 0.403. The molecule has 1 fully saturated rings. The molecule has 28 heavy (non-hydrogen) atoms. The zero-order chi connectivity index (χ0) is 19.6. The average molecular weight is 380 g/mol. The number of hydrogen-bond acceptors (Lipinski definition) is 5. The van der Waals surface area contributed by atoms with Crippen LogP contribution >= 0.6 is 0 Å². The lowest BCUT2D eigenvalue weighted by Gasteiger charge is -2.32. The van der Waals surface area contributed by atoms with E-state index in [2.05, 4.69) is 28.4 Å². The van der Waals surface area contributed by atoms with Crippen LogP contribution < -0.4 is 10.1 Å². The summed E-state index contributed by atoms with van der Waals surface area (Å²) in [4.78, 5) is 2.47. The molecule has 5 nitrogen and oxygen atoms in total. The van der Waals surface area contributed by atoms with Crippen LogP contribution in [0.15, 0.2) is 48.5 Å². The Bertz CT molecular complexity index is 779. The third kappa shape index (κ3) is 6.07. The lowest BCUT2D eigenvalue weighted by Crippen LogP contribution is -2.43. The van der Waals surface area contributed by atoms with Gasteiger partial charge in [-0.2, -0.15) is 5.26 Å². The van der Waals surface area contributed by atoms with E-state index in [0.717, 1.165) is 44.1 Å². The lowest BCUT2D eigenvalue weighted by molar-refractivity contribution is 0.126. The number of benzene rings is 2. The van der Waals surface area contributed by atoms with E-state index in [1.54, 1.807) is 7.11 Å². The van der Waals surface area contributed by atoms with Crippen molar-refractivity contribution in [3.8, 4) is 11.8 Å². The highest BCUT2D eigenvalue weighted by Gasteiger charge is 2.18. The summed E-state index contributed by atoms with van der Waals surface area (Å²) in [6, 6.07) is 18.5. The van der Waals surface area contributed by atoms with Crippen LogP contribution in [0.4, 0.5) is 0 Å². The van der Waals surface area contributed by atoms with Gasteiger partial charge in [-0.1, -0.05) is 30.3 Å². The van der Waals surface area contributed by atoms with Crippen molar-refractivity contribution >= 4 is 0 Å². The molecule has 0 atom stereocenters. The molecule has 0 saturated carbocycles. The standard InChI is InChI=1S/C23H29N3O2/c1-27-14-13-26-11-9-22(10-12-26)25-17-19-5-4-8-23(15-19)28-18-21-7-3-2-6-20(21)16-24/h2-8,15,22,25H,9-14,17-18H2,1H3. The Morgan fingerprint density at radius 3 is 2.75 bits per heavy atom. The first-order valence-electron chi connectivity index (χ1n) is 9.93. The number of nitrogens with one attached hydrogen (secondary N) is 1. The van der Waals surface area contributed by atoms with Crippen molar-refractivity contribution in [1.29, 1.82) is 5.26 Å². The van der Waals surface area contributed by atoms with E-state index < -0.39 is 0 Å². The number of likely N-dealkylation sites (tertiary alicyclic amines) is 1. The number of hydrogen-bond donors (Lipinski definition) is 1. The molecule has 1 aliphatic heterocycles. The lowest BCUT2D eigenvalue weighted by atomic mass is 10.0. The molecule has 2 aromatic rings. The molecule has 0 spiro atoms. The third-order valence-electron chi connectivity index (χ3n) is 5.22. The zero-order valence-electron chi connectivity index (χ0n) is 16.6. The quantitative estimate of drug-likeness (QED) is 0.724. The molecule has 1 N–H and O–H groups in total. The fourth-order valence-electron chi connectivity index (χ4n) is 3.50. The summed E-state index contributed by atoms with van der Waals surface area (Å²) in [5, 5.41) is 12.9. The van der Waals surface area contributed by atoms with Crippen LogP contribution in [-0.4, -0.2) is 44.3 Å². The highest BCUT2D eigenvalue weighted by atomic mass is 16.5. The van der Waals surface area contributed by atoms with Crippen LogP contribution in [-0.2, 0) is 17.9 Å². The monoisotopic (exact) mass is 379 g/mol. The van der Waals surface area contributed by atoms with Crippen LogP contribution in [0.25, 0.3) is 0 Å². The zero-order valence-corrected chi connectivity index (χ0v) is 16.6. The van der Waals surface area contributed by atoms with Crippen LogP contribution in [0.1, 0.15) is 29.5 Å². The van der Waals surface area contributed by atoms with Crippen molar-refractivity contribution in [2.24, 2.45) is 0 Å². The van der Waals surface area contributed by atoms with E-state index in [-0.39, 0.29) is 0 Å². The van der Waals surface area contributed by atoms with Crippen LogP contribution in [0.2, 0.25) is 0 Å². The molecular weight excluding hydrogens is 350 g/mol. The molecule has 0 bridgehead atoms. The van der Waals surface area contributed by atoms with E-state index in [9.17, 15) is 5.26 Å². The summed E-state index contributed by atoms with van der Waals surface area (Å²) >= 11 is 0. The summed E-state index contributed by atoms with van der Waals surface area (Å²) in [6.45, 7) is 5.33. The van der Waals surface area contributed by atoms with Gasteiger partial charge in [0.05, 0.1) is 18.2 Å². The highest BCUT2D eigenvalue weighted by Crippen LogP contribution is 2.17. The number of nitrogens with zero attached hydrogens (tertiary/aromatic N) is 2. The highest BCUT2D eigenvalue weighted by molar-refractivity contribution is 5.37. The summed E-state index contributed by atoms with van der Waals surface area (Å²) in [5.74, 6) is 0.835. The topological polar surface area (TPSA) is 57.5 Å². The molecule has 0 aliphatic carbocycles. The number of rotatable bonds is 9. The maximum absolute atomic E-state index is 9.19. The molecule has 1 saturated heterocycles. The molecule has 0 amide bonds. The number of ether oxygens (including phenoxy) is 2. The Kier molecular flexibility index (Phi) is 7.86. The molecule has 0 radical (unpaired) electrons. The molecule has 0 aromatic heterocycles. The smallest absolute Gasteiger partial charge is 0.120 e. The van der Waals surface area contributed by atoms with Gasteiger partial charge in [0.25, 0.3) is 0 Å². The van der Waals surface area contributed by atoms with Crippen molar-refractivity contribution in [3.63, 3.8) is 0 Å². The molecule has 1 aliphatic rings. The van der Waals surface area contributed by atoms with Crippen molar-refractivity contribution in [3.05, 3.63) is 65.2 Å². The second-order valence-corrected chi connectivity index (χ2v) is 7.19. The van der Waals surface area contributed by atoms with Crippen molar-refractivity contribution in [2.45, 2.75) is 32.0 Å². The Hall–Kier alpha value is -2.39. The van der Waals surface area contributed by atoms with E-state index in [4.69, 9.17) is 9.47 Å². The summed E-state index contributed by atoms with van der Waals surface area (Å²) in [5.41, 5.74) is 2.79. The van der Waals surface area contributed by atoms with Gasteiger partial charge < -0.3 is 19.7 Å². The van der Waals surface area contributed by atoms with Crippen LogP contribution in [0, 0.1) is 11.3 Å². The van der Waals surface area contributed by atoms with Gasteiger partial charge in [0.15, 0.2) is 0 Å². The average Bonchev–Trinajstić information content (AvgIpc) is 2.76. The van der Waals surface area contributed by atoms with Crippen molar-refractivity contribution in [1.82, 2.24) is 10.2 Å². The van der Waals surface area contributed by atoms with Crippen molar-refractivity contribution in [2.75, 3.05) is 33.4 Å². The number of piperidine rings is 1. The fraction of sp³-hybridized carbons (Fsp3) is 0.435. The SMILES string of the molecule is COCCN1CCC(NCc2cccc(OCc3ccccc3C#N)c2)CC1. The molecule has 2 aromatic carbocycles. The molecule has 148 valence electrons. The first-order chi connectivity index (χ1) is 13.8. The molecular formula is C23H29N3O2. The van der Waals surface area contributed by atoms with Crippen LogP contribution in [0.3, 0.4) is 0 Å². The van der Waals surface area contributed by atoms with Gasteiger partial charge >= 0.3 is 0 Å². The second kappa shape index (κ2) is 10.8. The van der Waals surface area contributed by atoms with Gasteiger partial charge in [-0.15, -0.1) is 0 Å². The second-order valence-electron chi connectivity index (χ2n) is 7.19. The van der Waals surface area contributed by atoms with Gasteiger partial charge in [0.2, 0.25) is 0 Å². The summed E-state index contributed by atoms with van der Waals surface area (Å²) < 4.78 is 11.1. The van der Waals surface area contributed by atoms with Crippen LogP contribution in [0.5, 0.6) is 5.75 Å². The summed E-state index contributed by atoms with van der Waals surface area (Å²) in [6.07, 6.45) is 2.34.